The van der Waals surface area contributed by atoms with Crippen LogP contribution in [0, 0.1) is 11.3 Å². The van der Waals surface area contributed by atoms with Gasteiger partial charge in [0.2, 0.25) is 0 Å². The third-order valence-corrected chi connectivity index (χ3v) is 3.62. The van der Waals surface area contributed by atoms with E-state index in [4.69, 9.17) is 5.73 Å². The van der Waals surface area contributed by atoms with Gasteiger partial charge in [-0.1, -0.05) is 20.8 Å². The van der Waals surface area contributed by atoms with E-state index in [9.17, 15) is 0 Å². The zero-order valence-electron chi connectivity index (χ0n) is 9.88. The number of hydrogen-bond donors (Lipinski definition) is 1. The van der Waals surface area contributed by atoms with Crippen molar-refractivity contribution < 1.29 is 0 Å². The number of pyridine rings is 1. The van der Waals surface area contributed by atoms with Gasteiger partial charge in [-0.2, -0.15) is 0 Å². The fourth-order valence-corrected chi connectivity index (χ4v) is 2.46. The second-order valence-electron chi connectivity index (χ2n) is 5.64. The molecule has 1 heterocycles. The number of aromatic nitrogens is 1. The third kappa shape index (κ3) is 1.99. The van der Waals surface area contributed by atoms with Crippen LogP contribution in [-0.2, 0) is 12.8 Å². The molecule has 0 saturated carbocycles. The van der Waals surface area contributed by atoms with Crippen LogP contribution in [-0.4, -0.2) is 4.98 Å². The lowest BCUT2D eigenvalue weighted by Gasteiger charge is -2.35. The molecule has 1 aromatic rings. The Bertz CT molecular complexity index is 363. The third-order valence-electron chi connectivity index (χ3n) is 3.62. The minimum absolute atomic E-state index is 0.399. The van der Waals surface area contributed by atoms with Gasteiger partial charge in [-0.05, 0) is 47.8 Å². The van der Waals surface area contributed by atoms with Crippen LogP contribution >= 0.6 is 0 Å². The van der Waals surface area contributed by atoms with Gasteiger partial charge in [0.25, 0.3) is 0 Å². The lowest BCUT2D eigenvalue weighted by molar-refractivity contribution is 0.216. The molecule has 2 heteroatoms. The molecule has 0 amide bonds. The minimum atomic E-state index is 0.399. The maximum atomic E-state index is 5.88. The van der Waals surface area contributed by atoms with Crippen molar-refractivity contribution in [1.29, 1.82) is 0 Å². The SMILES string of the molecule is CC(C)(C)[C@@H]1CCc2c(ccnc2N)C1. The summed E-state index contributed by atoms with van der Waals surface area (Å²) in [6.07, 6.45) is 5.33. The van der Waals surface area contributed by atoms with Gasteiger partial charge in [-0.3, -0.25) is 0 Å². The number of rotatable bonds is 0. The average Bonchev–Trinajstić information content (AvgIpc) is 2.16. The maximum Gasteiger partial charge on any atom is 0.126 e. The number of anilines is 1. The summed E-state index contributed by atoms with van der Waals surface area (Å²) in [5, 5.41) is 0. The van der Waals surface area contributed by atoms with Crippen LogP contribution in [0.1, 0.15) is 38.3 Å². The van der Waals surface area contributed by atoms with Gasteiger partial charge < -0.3 is 5.73 Å². The summed E-state index contributed by atoms with van der Waals surface area (Å²) < 4.78 is 0. The van der Waals surface area contributed by atoms with Crippen LogP contribution in [0.15, 0.2) is 12.3 Å². The molecule has 2 N–H and O–H groups in total. The van der Waals surface area contributed by atoms with Gasteiger partial charge in [-0.25, -0.2) is 4.98 Å². The average molecular weight is 204 g/mol. The van der Waals surface area contributed by atoms with E-state index >= 15 is 0 Å². The molecule has 15 heavy (non-hydrogen) atoms. The van der Waals surface area contributed by atoms with Gasteiger partial charge >= 0.3 is 0 Å². The van der Waals surface area contributed by atoms with E-state index in [-0.39, 0.29) is 0 Å². The monoisotopic (exact) mass is 204 g/mol. The number of nitrogens with zero attached hydrogens (tertiary/aromatic N) is 1. The number of fused-ring (bicyclic) bond motifs is 1. The molecule has 0 aliphatic heterocycles. The molecule has 0 fully saturated rings. The quantitative estimate of drug-likeness (QED) is 0.705. The molecular formula is C13H20N2. The van der Waals surface area contributed by atoms with Crippen molar-refractivity contribution >= 4 is 5.82 Å². The van der Waals surface area contributed by atoms with Crippen molar-refractivity contribution in [3.63, 3.8) is 0 Å². The highest BCUT2D eigenvalue weighted by Gasteiger charge is 2.29. The molecule has 82 valence electrons. The summed E-state index contributed by atoms with van der Waals surface area (Å²) in [6, 6.07) is 2.13. The molecule has 0 radical (unpaired) electrons. The topological polar surface area (TPSA) is 38.9 Å². The Hall–Kier alpha value is -1.05. The number of nitrogen functional groups attached to an aromatic ring is 1. The highest BCUT2D eigenvalue weighted by Crippen LogP contribution is 2.38. The maximum absolute atomic E-state index is 5.88. The molecule has 2 nitrogen and oxygen atoms in total. The van der Waals surface area contributed by atoms with Crippen LogP contribution in [0.4, 0.5) is 5.82 Å². The van der Waals surface area contributed by atoms with E-state index in [1.54, 1.807) is 0 Å². The Morgan fingerprint density at radius 2 is 2.13 bits per heavy atom. The molecule has 1 atom stereocenters. The van der Waals surface area contributed by atoms with Gasteiger partial charge in [0.1, 0.15) is 5.82 Å². The fraction of sp³-hybridized carbons (Fsp3) is 0.615. The van der Waals surface area contributed by atoms with Gasteiger partial charge in [-0.15, -0.1) is 0 Å². The summed E-state index contributed by atoms with van der Waals surface area (Å²) in [7, 11) is 0. The summed E-state index contributed by atoms with van der Waals surface area (Å²) >= 11 is 0. The minimum Gasteiger partial charge on any atom is -0.383 e. The first-order chi connectivity index (χ1) is 6.98. The first kappa shape index (κ1) is 10.5. The molecule has 0 spiro atoms. The first-order valence-electron chi connectivity index (χ1n) is 5.70. The number of nitrogens with two attached hydrogens (primary N) is 1. The van der Waals surface area contributed by atoms with Crippen molar-refractivity contribution in [2.75, 3.05) is 5.73 Å². The molecular weight excluding hydrogens is 184 g/mol. The van der Waals surface area contributed by atoms with Crippen molar-refractivity contribution in [1.82, 2.24) is 4.98 Å². The molecule has 0 aromatic carbocycles. The van der Waals surface area contributed by atoms with Gasteiger partial charge in [0.05, 0.1) is 0 Å². The summed E-state index contributed by atoms with van der Waals surface area (Å²) in [4.78, 5) is 4.16. The molecule has 1 aromatic heterocycles. The Labute approximate surface area is 91.9 Å². The van der Waals surface area contributed by atoms with Crippen molar-refractivity contribution in [2.45, 2.75) is 40.0 Å². The molecule has 1 aliphatic carbocycles. The largest absolute Gasteiger partial charge is 0.383 e. The Kier molecular flexibility index (Phi) is 2.45. The van der Waals surface area contributed by atoms with Crippen LogP contribution in [0.3, 0.4) is 0 Å². The molecule has 0 unspecified atom stereocenters. The predicted molar refractivity (Wildman–Crippen MR) is 63.6 cm³/mol. The normalized spacial score (nSPS) is 21.1. The van der Waals surface area contributed by atoms with E-state index in [2.05, 4.69) is 31.8 Å². The van der Waals surface area contributed by atoms with E-state index in [0.717, 1.165) is 24.6 Å². The Morgan fingerprint density at radius 1 is 1.40 bits per heavy atom. The fourth-order valence-electron chi connectivity index (χ4n) is 2.46. The smallest absolute Gasteiger partial charge is 0.126 e. The highest BCUT2D eigenvalue weighted by atomic mass is 14.8. The van der Waals surface area contributed by atoms with E-state index < -0.39 is 0 Å². The zero-order valence-corrected chi connectivity index (χ0v) is 9.88. The molecule has 0 saturated heterocycles. The molecule has 2 rings (SSSR count). The number of hydrogen-bond acceptors (Lipinski definition) is 2. The Balaban J connectivity index is 2.28. The lowest BCUT2D eigenvalue weighted by Crippen LogP contribution is -2.27. The lowest BCUT2D eigenvalue weighted by atomic mass is 9.71. The molecule has 1 aliphatic rings. The van der Waals surface area contributed by atoms with E-state index in [0.29, 0.717) is 5.41 Å². The van der Waals surface area contributed by atoms with E-state index in [1.165, 1.54) is 17.5 Å². The van der Waals surface area contributed by atoms with Crippen LogP contribution in [0.5, 0.6) is 0 Å². The summed E-state index contributed by atoms with van der Waals surface area (Å²) in [6.45, 7) is 6.98. The van der Waals surface area contributed by atoms with Crippen molar-refractivity contribution in [3.05, 3.63) is 23.4 Å². The first-order valence-corrected chi connectivity index (χ1v) is 5.70. The molecule has 0 bridgehead atoms. The zero-order chi connectivity index (χ0) is 11.1. The summed E-state index contributed by atoms with van der Waals surface area (Å²) in [5.41, 5.74) is 8.98. The second kappa shape index (κ2) is 3.51. The standard InChI is InChI=1S/C13H20N2/c1-13(2,3)10-4-5-11-9(8-10)6-7-15-12(11)14/h6-7,10H,4-5,8H2,1-3H3,(H2,14,15)/t10-/m1/s1. The van der Waals surface area contributed by atoms with E-state index in [1.807, 2.05) is 6.20 Å². The van der Waals surface area contributed by atoms with Gasteiger partial charge in [0.15, 0.2) is 0 Å². The van der Waals surface area contributed by atoms with Crippen LogP contribution < -0.4 is 5.73 Å². The highest BCUT2D eigenvalue weighted by molar-refractivity contribution is 5.45. The Morgan fingerprint density at radius 3 is 2.80 bits per heavy atom. The van der Waals surface area contributed by atoms with Crippen molar-refractivity contribution in [2.24, 2.45) is 11.3 Å². The van der Waals surface area contributed by atoms with Crippen molar-refractivity contribution in [3.8, 4) is 0 Å². The van der Waals surface area contributed by atoms with Crippen LogP contribution in [0.2, 0.25) is 0 Å². The van der Waals surface area contributed by atoms with Gasteiger partial charge in [0, 0.05) is 6.20 Å². The summed E-state index contributed by atoms with van der Waals surface area (Å²) in [5.74, 6) is 1.51. The predicted octanol–water partition coefficient (Wildman–Crippen LogP) is 2.81. The van der Waals surface area contributed by atoms with Crippen LogP contribution in [0.25, 0.3) is 0 Å². The second-order valence-corrected chi connectivity index (χ2v) is 5.64.